The van der Waals surface area contributed by atoms with Gasteiger partial charge < -0.3 is 9.47 Å². The SMILES string of the molecule is CC(C)SC1COC(CCCCc2ccc(C#N)cc2F)OC1. The largest absolute Gasteiger partial charge is 0.351 e. The topological polar surface area (TPSA) is 42.2 Å². The number of nitrogens with zero attached hydrogens (tertiary/aromatic N) is 1. The van der Waals surface area contributed by atoms with E-state index in [1.165, 1.54) is 6.07 Å². The highest BCUT2D eigenvalue weighted by Gasteiger charge is 2.22. The molecule has 0 bridgehead atoms. The Morgan fingerprint density at radius 3 is 2.65 bits per heavy atom. The van der Waals surface area contributed by atoms with Crippen LogP contribution in [0.3, 0.4) is 0 Å². The lowest BCUT2D eigenvalue weighted by atomic mass is 10.0. The van der Waals surface area contributed by atoms with Crippen LogP contribution in [-0.2, 0) is 15.9 Å². The minimum Gasteiger partial charge on any atom is -0.351 e. The van der Waals surface area contributed by atoms with Crippen molar-refractivity contribution < 1.29 is 13.9 Å². The first-order valence-electron chi connectivity index (χ1n) is 8.15. The fourth-order valence-corrected chi connectivity index (χ4v) is 3.69. The summed E-state index contributed by atoms with van der Waals surface area (Å²) in [7, 11) is 0. The number of thioether (sulfide) groups is 1. The average Bonchev–Trinajstić information content (AvgIpc) is 2.53. The third kappa shape index (κ3) is 6.14. The van der Waals surface area contributed by atoms with Gasteiger partial charge in [0.05, 0.1) is 30.1 Å². The standard InChI is InChI=1S/C18H24FNO2S/c1-13(2)23-16-11-21-18(22-12-16)6-4-3-5-15-8-7-14(10-20)9-17(15)19/h7-9,13,16,18H,3-6,11-12H2,1-2H3. The van der Waals surface area contributed by atoms with Crippen LogP contribution in [0, 0.1) is 17.1 Å². The van der Waals surface area contributed by atoms with Gasteiger partial charge in [-0.1, -0.05) is 19.9 Å². The molecule has 1 heterocycles. The van der Waals surface area contributed by atoms with E-state index in [1.54, 1.807) is 12.1 Å². The molecule has 0 N–H and O–H groups in total. The zero-order valence-electron chi connectivity index (χ0n) is 13.8. The second-order valence-electron chi connectivity index (χ2n) is 6.07. The molecular formula is C18H24FNO2S. The van der Waals surface area contributed by atoms with Crippen LogP contribution < -0.4 is 0 Å². The quantitative estimate of drug-likeness (QED) is 0.696. The summed E-state index contributed by atoms with van der Waals surface area (Å²) in [5.41, 5.74) is 1.03. The molecule has 0 spiro atoms. The van der Waals surface area contributed by atoms with E-state index >= 15 is 0 Å². The van der Waals surface area contributed by atoms with Crippen molar-refractivity contribution in [3.63, 3.8) is 0 Å². The summed E-state index contributed by atoms with van der Waals surface area (Å²) < 4.78 is 25.3. The van der Waals surface area contributed by atoms with Crippen LogP contribution in [0.5, 0.6) is 0 Å². The van der Waals surface area contributed by atoms with E-state index in [4.69, 9.17) is 14.7 Å². The van der Waals surface area contributed by atoms with Crippen molar-refractivity contribution in [3.05, 3.63) is 35.1 Å². The first-order chi connectivity index (χ1) is 11.1. The molecule has 23 heavy (non-hydrogen) atoms. The van der Waals surface area contributed by atoms with E-state index in [0.717, 1.165) is 32.5 Å². The van der Waals surface area contributed by atoms with Crippen molar-refractivity contribution in [1.82, 2.24) is 0 Å². The Morgan fingerprint density at radius 2 is 2.04 bits per heavy atom. The van der Waals surface area contributed by atoms with Gasteiger partial charge in [-0.2, -0.15) is 17.0 Å². The molecule has 0 atom stereocenters. The second kappa shape index (κ2) is 9.27. The number of nitriles is 1. The summed E-state index contributed by atoms with van der Waals surface area (Å²) in [5.74, 6) is -0.289. The number of unbranched alkanes of at least 4 members (excludes halogenated alkanes) is 1. The van der Waals surface area contributed by atoms with Crippen molar-refractivity contribution in [1.29, 1.82) is 5.26 Å². The monoisotopic (exact) mass is 337 g/mol. The van der Waals surface area contributed by atoms with Crippen LogP contribution in [0.1, 0.15) is 44.2 Å². The second-order valence-corrected chi connectivity index (χ2v) is 7.95. The lowest BCUT2D eigenvalue weighted by Gasteiger charge is -2.30. The fourth-order valence-electron chi connectivity index (χ4n) is 2.60. The third-order valence-corrected chi connectivity index (χ3v) is 4.92. The number of halogens is 1. The summed E-state index contributed by atoms with van der Waals surface area (Å²) in [4.78, 5) is 0. The van der Waals surface area contributed by atoms with E-state index < -0.39 is 0 Å². The predicted octanol–water partition coefficient (Wildman–Crippen LogP) is 4.29. The molecule has 1 aromatic rings. The maximum atomic E-state index is 13.8. The van der Waals surface area contributed by atoms with Crippen LogP contribution in [-0.4, -0.2) is 30.0 Å². The fraction of sp³-hybridized carbons (Fsp3) is 0.611. The molecule has 1 aliphatic rings. The highest BCUT2D eigenvalue weighted by atomic mass is 32.2. The summed E-state index contributed by atoms with van der Waals surface area (Å²) >= 11 is 1.89. The first-order valence-corrected chi connectivity index (χ1v) is 9.10. The van der Waals surface area contributed by atoms with Gasteiger partial charge in [0.1, 0.15) is 5.82 Å². The molecular weight excluding hydrogens is 313 g/mol. The molecule has 0 aliphatic carbocycles. The van der Waals surface area contributed by atoms with Gasteiger partial charge in [0.15, 0.2) is 6.29 Å². The van der Waals surface area contributed by atoms with Crippen LogP contribution in [0.4, 0.5) is 4.39 Å². The van der Waals surface area contributed by atoms with Crippen LogP contribution in [0.25, 0.3) is 0 Å². The molecule has 0 radical (unpaired) electrons. The molecule has 126 valence electrons. The van der Waals surface area contributed by atoms with Gasteiger partial charge in [-0.25, -0.2) is 4.39 Å². The molecule has 0 amide bonds. The molecule has 0 unspecified atom stereocenters. The lowest BCUT2D eigenvalue weighted by Crippen LogP contribution is -2.34. The minimum absolute atomic E-state index is 0.121. The van der Waals surface area contributed by atoms with Crippen molar-refractivity contribution >= 4 is 11.8 Å². The molecule has 1 aliphatic heterocycles. The summed E-state index contributed by atoms with van der Waals surface area (Å²) in [6, 6.07) is 6.62. The first kappa shape index (κ1) is 18.3. The van der Waals surface area contributed by atoms with Gasteiger partial charge in [0.25, 0.3) is 0 Å². The molecule has 1 fully saturated rings. The summed E-state index contributed by atoms with van der Waals surface area (Å²) in [6.07, 6.45) is 3.22. The van der Waals surface area contributed by atoms with E-state index in [9.17, 15) is 4.39 Å². The number of hydrogen-bond donors (Lipinski definition) is 0. The van der Waals surface area contributed by atoms with E-state index in [1.807, 2.05) is 17.8 Å². The zero-order chi connectivity index (χ0) is 16.7. The predicted molar refractivity (Wildman–Crippen MR) is 90.9 cm³/mol. The Labute approximate surface area is 142 Å². The Hall–Kier alpha value is -1.09. The molecule has 1 saturated heterocycles. The van der Waals surface area contributed by atoms with E-state index in [0.29, 0.717) is 28.0 Å². The highest BCUT2D eigenvalue weighted by Crippen LogP contribution is 2.24. The van der Waals surface area contributed by atoms with Gasteiger partial charge in [-0.15, -0.1) is 0 Å². The Kier molecular flexibility index (Phi) is 7.35. The summed E-state index contributed by atoms with van der Waals surface area (Å²) in [5, 5.41) is 9.75. The Morgan fingerprint density at radius 1 is 1.30 bits per heavy atom. The smallest absolute Gasteiger partial charge is 0.157 e. The van der Waals surface area contributed by atoms with Gasteiger partial charge in [0.2, 0.25) is 0 Å². The van der Waals surface area contributed by atoms with Crippen LogP contribution in [0.2, 0.25) is 0 Å². The van der Waals surface area contributed by atoms with E-state index in [-0.39, 0.29) is 12.1 Å². The summed E-state index contributed by atoms with van der Waals surface area (Å²) in [6.45, 7) is 5.85. The van der Waals surface area contributed by atoms with Crippen LogP contribution >= 0.6 is 11.8 Å². The highest BCUT2D eigenvalue weighted by molar-refractivity contribution is 8.00. The number of aryl methyl sites for hydroxylation is 1. The molecule has 5 heteroatoms. The molecule has 0 aromatic heterocycles. The number of rotatable bonds is 7. The normalized spacial score (nSPS) is 21.3. The maximum absolute atomic E-state index is 13.8. The van der Waals surface area contributed by atoms with Gasteiger partial charge in [-0.05, 0) is 48.6 Å². The van der Waals surface area contributed by atoms with E-state index in [2.05, 4.69) is 13.8 Å². The number of hydrogen-bond acceptors (Lipinski definition) is 4. The maximum Gasteiger partial charge on any atom is 0.157 e. The number of ether oxygens (including phenoxy) is 2. The van der Waals surface area contributed by atoms with Gasteiger partial charge >= 0.3 is 0 Å². The molecule has 1 aromatic carbocycles. The van der Waals surface area contributed by atoms with Crippen LogP contribution in [0.15, 0.2) is 18.2 Å². The molecule has 0 saturated carbocycles. The van der Waals surface area contributed by atoms with Crippen molar-refractivity contribution in [2.75, 3.05) is 13.2 Å². The number of benzene rings is 1. The Bertz CT molecular complexity index is 536. The lowest BCUT2D eigenvalue weighted by molar-refractivity contribution is -0.178. The van der Waals surface area contributed by atoms with Crippen molar-refractivity contribution in [2.45, 2.75) is 56.3 Å². The molecule has 3 nitrogen and oxygen atoms in total. The Balaban J connectivity index is 1.64. The van der Waals surface area contributed by atoms with Crippen molar-refractivity contribution in [3.8, 4) is 6.07 Å². The zero-order valence-corrected chi connectivity index (χ0v) is 14.6. The van der Waals surface area contributed by atoms with Gasteiger partial charge in [0, 0.05) is 0 Å². The van der Waals surface area contributed by atoms with Gasteiger partial charge in [-0.3, -0.25) is 0 Å². The molecule has 2 rings (SSSR count). The third-order valence-electron chi connectivity index (χ3n) is 3.72. The minimum atomic E-state index is -0.289. The average molecular weight is 337 g/mol. The van der Waals surface area contributed by atoms with Crippen molar-refractivity contribution in [2.24, 2.45) is 0 Å².